The van der Waals surface area contributed by atoms with E-state index in [2.05, 4.69) is 6.92 Å². The van der Waals surface area contributed by atoms with Crippen LogP contribution in [-0.4, -0.2) is 29.4 Å². The summed E-state index contributed by atoms with van der Waals surface area (Å²) in [6.45, 7) is 4.30. The molecule has 5 heteroatoms. The Balaban J connectivity index is 3.62. The molecular weight excluding hydrogens is 372 g/mol. The predicted molar refractivity (Wildman–Crippen MR) is 120 cm³/mol. The van der Waals surface area contributed by atoms with Crippen LogP contribution >= 0.6 is 0 Å². The van der Waals surface area contributed by atoms with Crippen LogP contribution in [-0.2, 0) is 10.1 Å². The molecule has 4 nitrogen and oxygen atoms in total. The maximum Gasteiger partial charge on any atom is 0.267 e. The highest BCUT2D eigenvalue weighted by Gasteiger charge is 2.25. The minimum absolute atomic E-state index is 0.164. The van der Waals surface area contributed by atoms with Crippen LogP contribution in [0.4, 0.5) is 0 Å². The molecule has 0 radical (unpaired) electrons. The molecule has 0 heterocycles. The molecule has 0 aliphatic carbocycles. The lowest BCUT2D eigenvalue weighted by Gasteiger charge is -2.17. The van der Waals surface area contributed by atoms with Gasteiger partial charge in [0.1, 0.15) is 0 Å². The Kier molecular flexibility index (Phi) is 18.8. The molecule has 0 rings (SSSR count). The van der Waals surface area contributed by atoms with E-state index < -0.39 is 21.5 Å². The Morgan fingerprint density at radius 3 is 1.39 bits per heavy atom. The molecule has 0 spiro atoms. The van der Waals surface area contributed by atoms with Gasteiger partial charge in [-0.05, 0) is 19.3 Å². The summed E-state index contributed by atoms with van der Waals surface area (Å²) in [6.07, 6.45) is 20.2. The topological polar surface area (TPSA) is 74.6 Å². The van der Waals surface area contributed by atoms with Crippen LogP contribution in [0.15, 0.2) is 0 Å². The molecule has 2 unspecified atom stereocenters. The lowest BCUT2D eigenvalue weighted by Crippen LogP contribution is -2.26. The van der Waals surface area contributed by atoms with Gasteiger partial charge in [0.15, 0.2) is 0 Å². The summed E-state index contributed by atoms with van der Waals surface area (Å²) in [4.78, 5) is 0. The summed E-state index contributed by atoms with van der Waals surface area (Å²) in [5.74, 6) is 0. The average molecular weight is 421 g/mol. The largest absolute Gasteiger partial charge is 0.393 e. The van der Waals surface area contributed by atoms with E-state index in [0.29, 0.717) is 12.8 Å². The van der Waals surface area contributed by atoms with Gasteiger partial charge < -0.3 is 5.11 Å². The summed E-state index contributed by atoms with van der Waals surface area (Å²) < 4.78 is 32.5. The van der Waals surface area contributed by atoms with Crippen molar-refractivity contribution in [2.24, 2.45) is 0 Å². The first-order chi connectivity index (χ1) is 13.4. The molecule has 28 heavy (non-hydrogen) atoms. The number of hydrogen-bond acceptors (Lipinski definition) is 3. The van der Waals surface area contributed by atoms with Gasteiger partial charge >= 0.3 is 0 Å². The summed E-state index contributed by atoms with van der Waals surface area (Å²) in [5.41, 5.74) is 0. The van der Waals surface area contributed by atoms with E-state index in [1.807, 2.05) is 6.92 Å². The van der Waals surface area contributed by atoms with E-state index in [0.717, 1.165) is 32.1 Å². The molecule has 0 aromatic rings. The second-order valence-electron chi connectivity index (χ2n) is 8.55. The summed E-state index contributed by atoms with van der Waals surface area (Å²) in [5, 5.41) is 9.15. The molecule has 2 N–H and O–H groups in total. The highest BCUT2D eigenvalue weighted by molar-refractivity contribution is 7.86. The van der Waals surface area contributed by atoms with E-state index >= 15 is 0 Å². The van der Waals surface area contributed by atoms with Crippen molar-refractivity contribution in [2.75, 3.05) is 0 Å². The molecule has 0 saturated heterocycles. The molecule has 0 aromatic heterocycles. The fourth-order valence-corrected chi connectivity index (χ4v) is 4.75. The zero-order valence-electron chi connectivity index (χ0n) is 18.7. The van der Waals surface area contributed by atoms with Gasteiger partial charge in [-0.3, -0.25) is 4.55 Å². The quantitative estimate of drug-likeness (QED) is 0.154. The smallest absolute Gasteiger partial charge is 0.267 e. The zero-order valence-corrected chi connectivity index (χ0v) is 19.5. The van der Waals surface area contributed by atoms with Gasteiger partial charge in [0.25, 0.3) is 10.1 Å². The van der Waals surface area contributed by atoms with Crippen LogP contribution in [0.3, 0.4) is 0 Å². The summed E-state index contributed by atoms with van der Waals surface area (Å²) >= 11 is 0. The Morgan fingerprint density at radius 2 is 1.00 bits per heavy atom. The molecule has 0 aliphatic rings. The first-order valence-corrected chi connectivity index (χ1v) is 13.6. The predicted octanol–water partition coefficient (Wildman–Crippen LogP) is 7.06. The van der Waals surface area contributed by atoms with E-state index in [4.69, 9.17) is 0 Å². The molecule has 0 fully saturated rings. The van der Waals surface area contributed by atoms with Gasteiger partial charge in [0.05, 0.1) is 11.4 Å². The number of aliphatic hydroxyl groups is 1. The average Bonchev–Trinajstić information content (AvgIpc) is 2.64. The fourth-order valence-electron chi connectivity index (χ4n) is 3.82. The van der Waals surface area contributed by atoms with E-state index in [1.165, 1.54) is 70.6 Å². The standard InChI is InChI=1S/C23H48O4S/c1-3-5-7-8-9-10-11-12-13-14-15-16-17-18-20-23(28(25,26)27)21-22(24)19-6-4-2/h22-24H,3-21H2,1-2H3,(H,25,26,27). The maximum atomic E-state index is 11.6. The van der Waals surface area contributed by atoms with Crippen LogP contribution < -0.4 is 0 Å². The third-order valence-electron chi connectivity index (χ3n) is 5.73. The van der Waals surface area contributed by atoms with Crippen molar-refractivity contribution in [3.63, 3.8) is 0 Å². The fraction of sp³-hybridized carbons (Fsp3) is 1.00. The summed E-state index contributed by atoms with van der Waals surface area (Å²) in [7, 11) is -4.06. The van der Waals surface area contributed by atoms with Gasteiger partial charge in [0, 0.05) is 0 Å². The molecule has 2 atom stereocenters. The monoisotopic (exact) mass is 420 g/mol. The van der Waals surface area contributed by atoms with E-state index in [9.17, 15) is 18.1 Å². The van der Waals surface area contributed by atoms with Crippen molar-refractivity contribution < 1.29 is 18.1 Å². The van der Waals surface area contributed by atoms with Crippen LogP contribution in [0.25, 0.3) is 0 Å². The maximum absolute atomic E-state index is 11.6. The van der Waals surface area contributed by atoms with E-state index in [1.54, 1.807) is 0 Å². The third-order valence-corrected chi connectivity index (χ3v) is 7.00. The number of unbranched alkanes of at least 4 members (excludes halogenated alkanes) is 14. The van der Waals surface area contributed by atoms with Gasteiger partial charge in [-0.1, -0.05) is 117 Å². The number of hydrogen-bond donors (Lipinski definition) is 2. The van der Waals surface area contributed by atoms with Gasteiger partial charge in [-0.25, -0.2) is 0 Å². The highest BCUT2D eigenvalue weighted by Crippen LogP contribution is 2.19. The molecule has 0 amide bonds. The first-order valence-electron chi connectivity index (χ1n) is 12.1. The Morgan fingerprint density at radius 1 is 0.607 bits per heavy atom. The SMILES string of the molecule is CCCCCCCCCCCCCCCCC(CC(O)CCCC)S(=O)(=O)O. The van der Waals surface area contributed by atoms with Crippen molar-refractivity contribution in [3.8, 4) is 0 Å². The molecule has 0 aromatic carbocycles. The van der Waals surface area contributed by atoms with Crippen molar-refractivity contribution in [1.82, 2.24) is 0 Å². The number of aliphatic hydroxyl groups excluding tert-OH is 1. The lowest BCUT2D eigenvalue weighted by molar-refractivity contribution is 0.147. The molecule has 0 aliphatic heterocycles. The molecule has 0 bridgehead atoms. The van der Waals surface area contributed by atoms with E-state index in [-0.39, 0.29) is 6.42 Å². The summed E-state index contributed by atoms with van der Waals surface area (Å²) in [6, 6.07) is 0. The van der Waals surface area contributed by atoms with Crippen molar-refractivity contribution in [3.05, 3.63) is 0 Å². The molecular formula is C23H48O4S. The Bertz CT molecular complexity index is 422. The third kappa shape index (κ3) is 17.9. The Hall–Kier alpha value is -0.130. The second-order valence-corrected chi connectivity index (χ2v) is 10.3. The molecule has 0 saturated carbocycles. The first kappa shape index (κ1) is 27.9. The van der Waals surface area contributed by atoms with Crippen LogP contribution in [0.5, 0.6) is 0 Å². The van der Waals surface area contributed by atoms with Crippen molar-refractivity contribution >= 4 is 10.1 Å². The second kappa shape index (κ2) is 18.9. The van der Waals surface area contributed by atoms with Crippen LogP contribution in [0, 0.1) is 0 Å². The lowest BCUT2D eigenvalue weighted by atomic mass is 10.0. The van der Waals surface area contributed by atoms with Crippen molar-refractivity contribution in [2.45, 2.75) is 147 Å². The van der Waals surface area contributed by atoms with Crippen LogP contribution in [0.1, 0.15) is 136 Å². The van der Waals surface area contributed by atoms with Gasteiger partial charge in [0.2, 0.25) is 0 Å². The minimum Gasteiger partial charge on any atom is -0.393 e. The Labute approximate surface area is 175 Å². The van der Waals surface area contributed by atoms with Crippen LogP contribution in [0.2, 0.25) is 0 Å². The van der Waals surface area contributed by atoms with Crippen molar-refractivity contribution in [1.29, 1.82) is 0 Å². The minimum atomic E-state index is -4.06. The normalized spacial score (nSPS) is 14.3. The highest BCUT2D eigenvalue weighted by atomic mass is 32.2. The van der Waals surface area contributed by atoms with Gasteiger partial charge in [-0.15, -0.1) is 0 Å². The molecule has 170 valence electrons. The zero-order chi connectivity index (χ0) is 21.1. The van der Waals surface area contributed by atoms with Gasteiger partial charge in [-0.2, -0.15) is 8.42 Å². The number of rotatable bonds is 21.